The lowest BCUT2D eigenvalue weighted by Crippen LogP contribution is -2.47. The maximum atomic E-state index is 13.1. The Hall–Kier alpha value is -1.62. The fourth-order valence-corrected chi connectivity index (χ4v) is 2.18. The number of nitrogens with one attached hydrogen (secondary N) is 1. The maximum Gasteiger partial charge on any atom is 0.224 e. The van der Waals surface area contributed by atoms with Crippen LogP contribution < -0.4 is 10.2 Å². The van der Waals surface area contributed by atoms with Gasteiger partial charge in [0, 0.05) is 51.9 Å². The van der Waals surface area contributed by atoms with E-state index in [0.29, 0.717) is 13.0 Å². The van der Waals surface area contributed by atoms with Crippen LogP contribution in [0, 0.1) is 5.82 Å². The zero-order valence-corrected chi connectivity index (χ0v) is 11.2. The highest BCUT2D eigenvalue weighted by molar-refractivity contribution is 5.77. The maximum absolute atomic E-state index is 13.1. The molecular formula is C14H20FN3O. The van der Waals surface area contributed by atoms with E-state index in [9.17, 15) is 9.18 Å². The van der Waals surface area contributed by atoms with Crippen molar-refractivity contribution in [2.45, 2.75) is 6.42 Å². The molecule has 1 amide bonds. The van der Waals surface area contributed by atoms with Gasteiger partial charge in [-0.25, -0.2) is 4.39 Å². The van der Waals surface area contributed by atoms with Crippen molar-refractivity contribution < 1.29 is 9.18 Å². The van der Waals surface area contributed by atoms with E-state index in [1.54, 1.807) is 6.07 Å². The first-order chi connectivity index (χ1) is 9.16. The quantitative estimate of drug-likeness (QED) is 0.885. The van der Waals surface area contributed by atoms with Crippen LogP contribution in [0.15, 0.2) is 24.3 Å². The van der Waals surface area contributed by atoms with Crippen molar-refractivity contribution in [1.29, 1.82) is 0 Å². The third-order valence-electron chi connectivity index (χ3n) is 3.38. The summed E-state index contributed by atoms with van der Waals surface area (Å²) in [5.41, 5.74) is 0.799. The largest absolute Gasteiger partial charge is 0.374 e. The van der Waals surface area contributed by atoms with Crippen molar-refractivity contribution >= 4 is 11.6 Å². The molecule has 1 fully saturated rings. The van der Waals surface area contributed by atoms with Gasteiger partial charge < -0.3 is 15.1 Å². The Morgan fingerprint density at radius 1 is 1.42 bits per heavy atom. The molecule has 5 heteroatoms. The van der Waals surface area contributed by atoms with E-state index >= 15 is 0 Å². The first kappa shape index (κ1) is 13.8. The Morgan fingerprint density at radius 2 is 2.16 bits per heavy atom. The molecule has 0 saturated carbocycles. The van der Waals surface area contributed by atoms with Crippen LogP contribution >= 0.6 is 0 Å². The van der Waals surface area contributed by atoms with E-state index in [-0.39, 0.29) is 11.7 Å². The number of nitrogens with zero attached hydrogens (tertiary/aromatic N) is 2. The zero-order chi connectivity index (χ0) is 13.7. The summed E-state index contributed by atoms with van der Waals surface area (Å²) in [7, 11) is 1.87. The topological polar surface area (TPSA) is 35.6 Å². The highest BCUT2D eigenvalue weighted by Gasteiger charge is 2.16. The number of anilines is 1. The fraction of sp³-hybridized carbons (Fsp3) is 0.500. The molecule has 0 aliphatic carbocycles. The van der Waals surface area contributed by atoms with E-state index in [0.717, 1.165) is 31.9 Å². The van der Waals surface area contributed by atoms with Gasteiger partial charge in [0.25, 0.3) is 0 Å². The Bertz CT molecular complexity index is 432. The van der Waals surface area contributed by atoms with Gasteiger partial charge in [0.05, 0.1) is 0 Å². The van der Waals surface area contributed by atoms with Crippen LogP contribution in [-0.4, -0.2) is 50.6 Å². The summed E-state index contributed by atoms with van der Waals surface area (Å²) in [5, 5.41) is 3.22. The number of halogens is 1. The molecule has 0 unspecified atom stereocenters. The van der Waals surface area contributed by atoms with E-state index in [2.05, 4.69) is 5.32 Å². The standard InChI is InChI=1S/C14H20FN3O/c1-17(13-4-2-3-12(15)11-13)8-5-14(19)18-9-6-16-7-10-18/h2-4,11,16H,5-10H2,1H3. The summed E-state index contributed by atoms with van der Waals surface area (Å²) < 4.78 is 13.1. The summed E-state index contributed by atoms with van der Waals surface area (Å²) in [5.74, 6) is -0.0810. The molecule has 1 aliphatic heterocycles. The van der Waals surface area contributed by atoms with Crippen LogP contribution in [0.2, 0.25) is 0 Å². The number of benzene rings is 1. The van der Waals surface area contributed by atoms with Crippen LogP contribution in [0.25, 0.3) is 0 Å². The lowest BCUT2D eigenvalue weighted by Gasteiger charge is -2.28. The molecule has 19 heavy (non-hydrogen) atoms. The minimum Gasteiger partial charge on any atom is -0.374 e. The summed E-state index contributed by atoms with van der Waals surface area (Å²) in [6.07, 6.45) is 0.465. The van der Waals surface area contributed by atoms with Crippen molar-refractivity contribution in [3.05, 3.63) is 30.1 Å². The Labute approximate surface area is 113 Å². The van der Waals surface area contributed by atoms with Gasteiger partial charge in [0.1, 0.15) is 5.82 Å². The summed E-state index contributed by atoms with van der Waals surface area (Å²) >= 11 is 0. The Kier molecular flexibility index (Phi) is 4.74. The molecular weight excluding hydrogens is 245 g/mol. The average molecular weight is 265 g/mol. The predicted octanol–water partition coefficient (Wildman–Crippen LogP) is 1.08. The monoisotopic (exact) mass is 265 g/mol. The van der Waals surface area contributed by atoms with Gasteiger partial charge in [-0.1, -0.05) is 6.07 Å². The number of hydrogen-bond donors (Lipinski definition) is 1. The summed E-state index contributed by atoms with van der Waals surface area (Å²) in [6.45, 7) is 3.90. The van der Waals surface area contributed by atoms with Gasteiger partial charge in [0.2, 0.25) is 5.91 Å². The predicted molar refractivity (Wildman–Crippen MR) is 73.7 cm³/mol. The number of hydrogen-bond acceptors (Lipinski definition) is 3. The van der Waals surface area contributed by atoms with Gasteiger partial charge in [0.15, 0.2) is 0 Å². The summed E-state index contributed by atoms with van der Waals surface area (Å²) in [6, 6.07) is 6.43. The molecule has 0 radical (unpaired) electrons. The normalized spacial score (nSPS) is 15.4. The van der Waals surface area contributed by atoms with E-state index < -0.39 is 0 Å². The van der Waals surface area contributed by atoms with Crippen molar-refractivity contribution in [3.8, 4) is 0 Å². The van der Waals surface area contributed by atoms with Gasteiger partial charge in [-0.15, -0.1) is 0 Å². The first-order valence-corrected chi connectivity index (χ1v) is 6.62. The van der Waals surface area contributed by atoms with Gasteiger partial charge in [-0.05, 0) is 18.2 Å². The van der Waals surface area contributed by atoms with E-state index in [1.807, 2.05) is 22.9 Å². The van der Waals surface area contributed by atoms with Crippen LogP contribution in [0.4, 0.5) is 10.1 Å². The number of piperazine rings is 1. The van der Waals surface area contributed by atoms with Gasteiger partial charge in [-0.3, -0.25) is 4.79 Å². The Balaban J connectivity index is 1.82. The lowest BCUT2D eigenvalue weighted by molar-refractivity contribution is -0.131. The van der Waals surface area contributed by atoms with Crippen LogP contribution in [0.3, 0.4) is 0 Å². The Morgan fingerprint density at radius 3 is 2.84 bits per heavy atom. The molecule has 2 rings (SSSR count). The molecule has 0 spiro atoms. The molecule has 1 aromatic carbocycles. The molecule has 1 N–H and O–H groups in total. The number of rotatable bonds is 4. The third kappa shape index (κ3) is 3.92. The highest BCUT2D eigenvalue weighted by atomic mass is 19.1. The van der Waals surface area contributed by atoms with Crippen LogP contribution in [0.1, 0.15) is 6.42 Å². The van der Waals surface area contributed by atoms with Crippen molar-refractivity contribution in [3.63, 3.8) is 0 Å². The highest BCUT2D eigenvalue weighted by Crippen LogP contribution is 2.14. The first-order valence-electron chi connectivity index (χ1n) is 6.62. The molecule has 4 nitrogen and oxygen atoms in total. The smallest absolute Gasteiger partial charge is 0.224 e. The van der Waals surface area contributed by atoms with Crippen molar-refractivity contribution in [2.24, 2.45) is 0 Å². The molecule has 1 heterocycles. The molecule has 1 saturated heterocycles. The third-order valence-corrected chi connectivity index (χ3v) is 3.38. The lowest BCUT2D eigenvalue weighted by atomic mass is 10.2. The second kappa shape index (κ2) is 6.52. The van der Waals surface area contributed by atoms with Crippen molar-refractivity contribution in [1.82, 2.24) is 10.2 Å². The second-order valence-corrected chi connectivity index (χ2v) is 4.78. The fourth-order valence-electron chi connectivity index (χ4n) is 2.18. The van der Waals surface area contributed by atoms with Gasteiger partial charge >= 0.3 is 0 Å². The second-order valence-electron chi connectivity index (χ2n) is 4.78. The molecule has 1 aliphatic rings. The minimum atomic E-state index is -0.252. The molecule has 0 bridgehead atoms. The number of carbonyl (C=O) groups excluding carboxylic acids is 1. The molecule has 1 aromatic rings. The van der Waals surface area contributed by atoms with E-state index in [4.69, 9.17) is 0 Å². The average Bonchev–Trinajstić information content (AvgIpc) is 2.45. The minimum absolute atomic E-state index is 0.171. The number of carbonyl (C=O) groups is 1. The molecule has 0 atom stereocenters. The van der Waals surface area contributed by atoms with Crippen LogP contribution in [-0.2, 0) is 4.79 Å². The van der Waals surface area contributed by atoms with Crippen LogP contribution in [0.5, 0.6) is 0 Å². The number of amides is 1. The van der Waals surface area contributed by atoms with Gasteiger partial charge in [-0.2, -0.15) is 0 Å². The summed E-state index contributed by atoms with van der Waals surface area (Å²) in [4.78, 5) is 15.8. The molecule has 104 valence electrons. The van der Waals surface area contributed by atoms with E-state index in [1.165, 1.54) is 12.1 Å². The van der Waals surface area contributed by atoms with Crippen molar-refractivity contribution in [2.75, 3.05) is 44.7 Å². The SMILES string of the molecule is CN(CCC(=O)N1CCNCC1)c1cccc(F)c1. The zero-order valence-electron chi connectivity index (χ0n) is 11.2. The molecule has 0 aromatic heterocycles.